The zero-order valence-corrected chi connectivity index (χ0v) is 18.1. The van der Waals surface area contributed by atoms with Gasteiger partial charge in [0.25, 0.3) is 0 Å². The highest BCUT2D eigenvalue weighted by Gasteiger charge is 2.35. The molecule has 0 saturated carbocycles. The molecule has 0 saturated heterocycles. The molecule has 0 amide bonds. The Bertz CT molecular complexity index is 1140. The van der Waals surface area contributed by atoms with Crippen LogP contribution in [0.3, 0.4) is 0 Å². The van der Waals surface area contributed by atoms with E-state index in [2.05, 4.69) is 0 Å². The predicted molar refractivity (Wildman–Crippen MR) is 117 cm³/mol. The molecule has 156 valence electrons. The topological polar surface area (TPSA) is 55.8 Å². The van der Waals surface area contributed by atoms with Gasteiger partial charge in [0.05, 0.1) is 19.1 Å². The Kier molecular flexibility index (Phi) is 5.54. The summed E-state index contributed by atoms with van der Waals surface area (Å²) >= 11 is 0. The molecule has 3 aromatic rings. The monoisotopic (exact) mass is 423 g/mol. The number of rotatable bonds is 5. The fourth-order valence-electron chi connectivity index (χ4n) is 3.97. The largest absolute Gasteiger partial charge is 0.493 e. The van der Waals surface area contributed by atoms with Crippen LogP contribution in [0.5, 0.6) is 11.5 Å². The smallest absolute Gasteiger partial charge is 0.243 e. The zero-order valence-electron chi connectivity index (χ0n) is 17.3. The van der Waals surface area contributed by atoms with E-state index in [0.717, 1.165) is 22.3 Å². The number of methoxy groups -OCH3 is 2. The first kappa shape index (κ1) is 20.4. The van der Waals surface area contributed by atoms with Crippen molar-refractivity contribution < 1.29 is 17.9 Å². The Morgan fingerprint density at radius 2 is 1.53 bits per heavy atom. The highest BCUT2D eigenvalue weighted by molar-refractivity contribution is 7.89. The van der Waals surface area contributed by atoms with E-state index in [0.29, 0.717) is 22.9 Å². The molecule has 0 aliphatic carbocycles. The van der Waals surface area contributed by atoms with Gasteiger partial charge in [-0.25, -0.2) is 8.42 Å². The molecule has 3 aromatic carbocycles. The maximum atomic E-state index is 13.4. The summed E-state index contributed by atoms with van der Waals surface area (Å²) in [7, 11) is -0.441. The Hall–Kier alpha value is -2.83. The fraction of sp³-hybridized carbons (Fsp3) is 0.250. The van der Waals surface area contributed by atoms with Gasteiger partial charge in [-0.1, -0.05) is 48.0 Å². The molecule has 0 fully saturated rings. The third-order valence-corrected chi connectivity index (χ3v) is 7.44. The lowest BCUT2D eigenvalue weighted by Crippen LogP contribution is -2.38. The van der Waals surface area contributed by atoms with Crippen molar-refractivity contribution >= 4 is 10.0 Å². The number of benzene rings is 3. The van der Waals surface area contributed by atoms with E-state index in [4.69, 9.17) is 9.47 Å². The molecule has 0 spiro atoms. The van der Waals surface area contributed by atoms with E-state index in [1.54, 1.807) is 30.7 Å². The maximum absolute atomic E-state index is 13.4. The third-order valence-electron chi connectivity index (χ3n) is 5.61. The van der Waals surface area contributed by atoms with Crippen LogP contribution in [0.15, 0.2) is 71.6 Å². The fourth-order valence-corrected chi connectivity index (χ4v) is 5.40. The Balaban J connectivity index is 1.83. The minimum atomic E-state index is -3.64. The summed E-state index contributed by atoms with van der Waals surface area (Å²) in [6, 6.07) is 20.8. The van der Waals surface area contributed by atoms with Crippen LogP contribution in [0.1, 0.15) is 28.2 Å². The lowest BCUT2D eigenvalue weighted by Gasteiger charge is -2.35. The van der Waals surface area contributed by atoms with E-state index in [9.17, 15) is 8.42 Å². The van der Waals surface area contributed by atoms with Crippen molar-refractivity contribution in [1.82, 2.24) is 4.31 Å². The number of nitrogens with zero attached hydrogens (tertiary/aromatic N) is 1. The molecule has 4 rings (SSSR count). The summed E-state index contributed by atoms with van der Waals surface area (Å²) < 4.78 is 39.4. The number of ether oxygens (including phenoxy) is 2. The first-order chi connectivity index (χ1) is 14.4. The van der Waals surface area contributed by atoms with Crippen molar-refractivity contribution in [3.8, 4) is 11.5 Å². The molecule has 1 atom stereocenters. The van der Waals surface area contributed by atoms with E-state index in [1.807, 2.05) is 61.5 Å². The van der Waals surface area contributed by atoms with Gasteiger partial charge >= 0.3 is 0 Å². The Labute approximate surface area is 177 Å². The molecule has 0 unspecified atom stereocenters. The minimum Gasteiger partial charge on any atom is -0.493 e. The first-order valence-corrected chi connectivity index (χ1v) is 11.2. The van der Waals surface area contributed by atoms with Gasteiger partial charge < -0.3 is 9.47 Å². The zero-order chi connectivity index (χ0) is 21.3. The van der Waals surface area contributed by atoms with Gasteiger partial charge in [-0.15, -0.1) is 0 Å². The molecule has 5 nitrogen and oxygen atoms in total. The second-order valence-electron chi connectivity index (χ2n) is 7.48. The van der Waals surface area contributed by atoms with Crippen LogP contribution < -0.4 is 9.47 Å². The van der Waals surface area contributed by atoms with Gasteiger partial charge in [0, 0.05) is 19.0 Å². The molecule has 1 heterocycles. The van der Waals surface area contributed by atoms with Crippen molar-refractivity contribution in [2.24, 2.45) is 0 Å². The van der Waals surface area contributed by atoms with E-state index < -0.39 is 10.0 Å². The Morgan fingerprint density at radius 3 is 2.17 bits per heavy atom. The lowest BCUT2D eigenvalue weighted by atomic mass is 9.85. The molecular weight excluding hydrogens is 398 g/mol. The van der Waals surface area contributed by atoms with Gasteiger partial charge in [0.2, 0.25) is 10.0 Å². The number of aryl methyl sites for hydroxylation is 1. The first-order valence-electron chi connectivity index (χ1n) is 9.80. The maximum Gasteiger partial charge on any atom is 0.243 e. The molecule has 6 heteroatoms. The molecule has 0 N–H and O–H groups in total. The number of hydrogen-bond acceptors (Lipinski definition) is 4. The average molecular weight is 424 g/mol. The van der Waals surface area contributed by atoms with Crippen LogP contribution >= 0.6 is 0 Å². The van der Waals surface area contributed by atoms with Gasteiger partial charge in [0.15, 0.2) is 11.5 Å². The predicted octanol–water partition coefficient (Wildman–Crippen LogP) is 4.35. The summed E-state index contributed by atoms with van der Waals surface area (Å²) in [6.07, 6.45) is 0. The van der Waals surface area contributed by atoms with Crippen LogP contribution in [0, 0.1) is 6.92 Å². The van der Waals surface area contributed by atoms with Crippen LogP contribution in [0.4, 0.5) is 0 Å². The normalized spacial score (nSPS) is 16.7. The van der Waals surface area contributed by atoms with E-state index >= 15 is 0 Å². The van der Waals surface area contributed by atoms with E-state index in [1.165, 1.54) is 0 Å². The van der Waals surface area contributed by atoms with Crippen LogP contribution in [-0.4, -0.2) is 33.5 Å². The molecule has 1 aliphatic heterocycles. The van der Waals surface area contributed by atoms with Gasteiger partial charge in [-0.05, 0) is 47.9 Å². The van der Waals surface area contributed by atoms with Gasteiger partial charge in [0.1, 0.15) is 0 Å². The van der Waals surface area contributed by atoms with Crippen molar-refractivity contribution in [3.63, 3.8) is 0 Å². The van der Waals surface area contributed by atoms with Crippen LogP contribution in [0.25, 0.3) is 0 Å². The van der Waals surface area contributed by atoms with Crippen molar-refractivity contribution in [2.45, 2.75) is 24.3 Å². The summed E-state index contributed by atoms with van der Waals surface area (Å²) in [5, 5.41) is 0. The SMILES string of the molecule is COc1cc2c(cc1OC)[C@@H](c1ccccc1)CN(S(=O)(=O)c1ccc(C)cc1)C2. The Morgan fingerprint density at radius 1 is 0.900 bits per heavy atom. The summed E-state index contributed by atoms with van der Waals surface area (Å²) in [4.78, 5) is 0.309. The van der Waals surface area contributed by atoms with Crippen molar-refractivity contribution in [1.29, 1.82) is 0 Å². The van der Waals surface area contributed by atoms with Gasteiger partial charge in [-0.3, -0.25) is 0 Å². The standard InChI is InChI=1S/C24H25NO4S/c1-17-9-11-20(12-10-17)30(26,27)25-15-19-13-23(28-2)24(29-3)14-21(19)22(16-25)18-7-5-4-6-8-18/h4-14,22H,15-16H2,1-3H3/t22-/m1/s1. The molecule has 0 bridgehead atoms. The quantitative estimate of drug-likeness (QED) is 0.612. The van der Waals surface area contributed by atoms with Crippen LogP contribution in [0.2, 0.25) is 0 Å². The number of sulfonamides is 1. The second kappa shape index (κ2) is 8.13. The van der Waals surface area contributed by atoms with Crippen molar-refractivity contribution in [2.75, 3.05) is 20.8 Å². The molecule has 0 aromatic heterocycles. The molecule has 30 heavy (non-hydrogen) atoms. The molecule has 0 radical (unpaired) electrons. The minimum absolute atomic E-state index is 0.102. The number of fused-ring (bicyclic) bond motifs is 1. The highest BCUT2D eigenvalue weighted by Crippen LogP contribution is 2.41. The number of hydrogen-bond donors (Lipinski definition) is 0. The lowest BCUT2D eigenvalue weighted by molar-refractivity contribution is 0.344. The van der Waals surface area contributed by atoms with E-state index in [-0.39, 0.29) is 12.5 Å². The average Bonchev–Trinajstić information content (AvgIpc) is 2.78. The van der Waals surface area contributed by atoms with Gasteiger partial charge in [-0.2, -0.15) is 4.31 Å². The highest BCUT2D eigenvalue weighted by atomic mass is 32.2. The molecule has 1 aliphatic rings. The third kappa shape index (κ3) is 3.68. The van der Waals surface area contributed by atoms with Crippen molar-refractivity contribution in [3.05, 3.63) is 89.0 Å². The summed E-state index contributed by atoms with van der Waals surface area (Å²) in [6.45, 7) is 2.59. The van der Waals surface area contributed by atoms with Crippen LogP contribution in [-0.2, 0) is 16.6 Å². The summed E-state index contributed by atoms with van der Waals surface area (Å²) in [5.74, 6) is 1.14. The molecular formula is C24H25NO4S. The second-order valence-corrected chi connectivity index (χ2v) is 9.42. The summed E-state index contributed by atoms with van der Waals surface area (Å²) in [5.41, 5.74) is 4.07.